The summed E-state index contributed by atoms with van der Waals surface area (Å²) in [5.41, 5.74) is 7.26. The number of nitrogens with one attached hydrogen (secondary N) is 1. The third kappa shape index (κ3) is 3.04. The SMILES string of the molecule is CCC(=O)/N=C(\N)Nc1nc(C)c2ccccc2n1. The van der Waals surface area contributed by atoms with Gasteiger partial charge in [0, 0.05) is 11.8 Å². The van der Waals surface area contributed by atoms with Crippen LogP contribution < -0.4 is 11.1 Å². The molecule has 0 bridgehead atoms. The van der Waals surface area contributed by atoms with Gasteiger partial charge in [-0.15, -0.1) is 0 Å². The molecule has 0 saturated carbocycles. The molecule has 1 amide bonds. The van der Waals surface area contributed by atoms with Crippen molar-refractivity contribution >= 4 is 28.7 Å². The van der Waals surface area contributed by atoms with Crippen LogP contribution in [0.15, 0.2) is 29.3 Å². The summed E-state index contributed by atoms with van der Waals surface area (Å²) in [5, 5.41) is 3.70. The number of fused-ring (bicyclic) bond motifs is 1. The van der Waals surface area contributed by atoms with E-state index in [1.165, 1.54) is 0 Å². The van der Waals surface area contributed by atoms with E-state index in [0.29, 0.717) is 12.4 Å². The molecule has 0 spiro atoms. The van der Waals surface area contributed by atoms with E-state index >= 15 is 0 Å². The Morgan fingerprint density at radius 2 is 2.11 bits per heavy atom. The van der Waals surface area contributed by atoms with Crippen molar-refractivity contribution in [2.24, 2.45) is 10.7 Å². The number of hydrogen-bond donors (Lipinski definition) is 2. The van der Waals surface area contributed by atoms with E-state index in [0.717, 1.165) is 16.6 Å². The zero-order valence-corrected chi connectivity index (χ0v) is 10.8. The van der Waals surface area contributed by atoms with Crippen LogP contribution in [0.5, 0.6) is 0 Å². The largest absolute Gasteiger partial charge is 0.369 e. The number of aromatic nitrogens is 2. The maximum absolute atomic E-state index is 11.1. The summed E-state index contributed by atoms with van der Waals surface area (Å²) >= 11 is 0. The third-order valence-corrected chi connectivity index (χ3v) is 2.58. The molecule has 0 unspecified atom stereocenters. The first-order valence-electron chi connectivity index (χ1n) is 5.97. The number of hydrogen-bond acceptors (Lipinski definition) is 3. The zero-order valence-electron chi connectivity index (χ0n) is 10.8. The van der Waals surface area contributed by atoms with Crippen LogP contribution >= 0.6 is 0 Å². The van der Waals surface area contributed by atoms with E-state index in [2.05, 4.69) is 20.3 Å². The number of anilines is 1. The fourth-order valence-corrected chi connectivity index (χ4v) is 1.65. The van der Waals surface area contributed by atoms with Crippen LogP contribution in [0, 0.1) is 6.92 Å². The number of aliphatic imine (C=N–C) groups is 1. The summed E-state index contributed by atoms with van der Waals surface area (Å²) in [5.74, 6) is 0.0467. The Kier molecular flexibility index (Phi) is 3.70. The van der Waals surface area contributed by atoms with Gasteiger partial charge in [-0.2, -0.15) is 4.99 Å². The number of nitrogens with zero attached hydrogens (tertiary/aromatic N) is 3. The molecule has 0 atom stereocenters. The van der Waals surface area contributed by atoms with Crippen LogP contribution in [0.2, 0.25) is 0 Å². The highest BCUT2D eigenvalue weighted by molar-refractivity contribution is 5.99. The second kappa shape index (κ2) is 5.43. The average molecular weight is 257 g/mol. The molecule has 0 aliphatic rings. The minimum absolute atomic E-state index is 0.00142. The van der Waals surface area contributed by atoms with Crippen molar-refractivity contribution in [3.05, 3.63) is 30.0 Å². The van der Waals surface area contributed by atoms with E-state index < -0.39 is 0 Å². The van der Waals surface area contributed by atoms with Crippen molar-refractivity contribution in [1.29, 1.82) is 0 Å². The maximum Gasteiger partial charge on any atom is 0.248 e. The minimum atomic E-state index is -0.289. The van der Waals surface area contributed by atoms with Gasteiger partial charge in [0.15, 0.2) is 0 Å². The Labute approximate surface area is 110 Å². The van der Waals surface area contributed by atoms with Gasteiger partial charge < -0.3 is 5.73 Å². The molecule has 98 valence electrons. The van der Waals surface area contributed by atoms with Gasteiger partial charge in [-0.05, 0) is 13.0 Å². The fourth-order valence-electron chi connectivity index (χ4n) is 1.65. The lowest BCUT2D eigenvalue weighted by atomic mass is 10.2. The third-order valence-electron chi connectivity index (χ3n) is 2.58. The Bertz CT molecular complexity index is 651. The Balaban J connectivity index is 2.31. The van der Waals surface area contributed by atoms with Crippen LogP contribution in [0.1, 0.15) is 19.0 Å². The quantitative estimate of drug-likeness (QED) is 0.629. The molecule has 1 heterocycles. The number of rotatable bonds is 2. The van der Waals surface area contributed by atoms with Gasteiger partial charge in [0.05, 0.1) is 11.2 Å². The zero-order chi connectivity index (χ0) is 13.8. The molecule has 0 saturated heterocycles. The van der Waals surface area contributed by atoms with E-state index in [-0.39, 0.29) is 11.9 Å². The van der Waals surface area contributed by atoms with Crippen LogP contribution in [0.4, 0.5) is 5.95 Å². The second-order valence-corrected chi connectivity index (χ2v) is 4.02. The number of aryl methyl sites for hydroxylation is 1. The molecule has 1 aromatic carbocycles. The maximum atomic E-state index is 11.1. The molecule has 0 aliphatic heterocycles. The summed E-state index contributed by atoms with van der Waals surface area (Å²) in [6.07, 6.45) is 0.306. The molecule has 3 N–H and O–H groups in total. The monoisotopic (exact) mass is 257 g/mol. The van der Waals surface area contributed by atoms with Gasteiger partial charge in [0.1, 0.15) is 0 Å². The average Bonchev–Trinajstić information content (AvgIpc) is 2.38. The van der Waals surface area contributed by atoms with Crippen molar-refractivity contribution in [3.63, 3.8) is 0 Å². The normalized spacial score (nSPS) is 11.6. The highest BCUT2D eigenvalue weighted by atomic mass is 16.1. The minimum Gasteiger partial charge on any atom is -0.369 e. The number of carbonyl (C=O) groups is 1. The molecular weight excluding hydrogens is 242 g/mol. The van der Waals surface area contributed by atoms with Crippen molar-refractivity contribution in [2.75, 3.05) is 5.32 Å². The van der Waals surface area contributed by atoms with Crippen LogP contribution in [0.3, 0.4) is 0 Å². The van der Waals surface area contributed by atoms with Crippen molar-refractivity contribution < 1.29 is 4.79 Å². The Morgan fingerprint density at radius 3 is 2.84 bits per heavy atom. The van der Waals surface area contributed by atoms with Crippen molar-refractivity contribution in [2.45, 2.75) is 20.3 Å². The van der Waals surface area contributed by atoms with E-state index in [9.17, 15) is 4.79 Å². The molecule has 19 heavy (non-hydrogen) atoms. The fraction of sp³-hybridized carbons (Fsp3) is 0.231. The molecule has 2 aromatic rings. The standard InChI is InChI=1S/C13H15N5O/c1-3-11(19)17-12(14)18-13-15-8(2)9-6-4-5-7-10(9)16-13/h4-7H,3H2,1-2H3,(H3,14,15,16,17,18,19). The van der Waals surface area contributed by atoms with Gasteiger partial charge >= 0.3 is 0 Å². The Morgan fingerprint density at radius 1 is 1.37 bits per heavy atom. The molecular formula is C13H15N5O. The number of para-hydroxylation sites is 1. The summed E-state index contributed by atoms with van der Waals surface area (Å²) in [7, 11) is 0. The van der Waals surface area contributed by atoms with E-state index in [1.54, 1.807) is 6.92 Å². The predicted molar refractivity (Wildman–Crippen MR) is 74.8 cm³/mol. The lowest BCUT2D eigenvalue weighted by Gasteiger charge is -2.06. The number of amides is 1. The van der Waals surface area contributed by atoms with Gasteiger partial charge in [-0.25, -0.2) is 9.97 Å². The predicted octanol–water partition coefficient (Wildman–Crippen LogP) is 1.60. The van der Waals surface area contributed by atoms with Gasteiger partial charge in [-0.3, -0.25) is 10.1 Å². The first kappa shape index (κ1) is 12.9. The number of nitrogens with two attached hydrogens (primary N) is 1. The highest BCUT2D eigenvalue weighted by Crippen LogP contribution is 2.16. The topological polar surface area (TPSA) is 93.3 Å². The molecule has 1 aromatic heterocycles. The highest BCUT2D eigenvalue weighted by Gasteiger charge is 2.05. The Hall–Kier alpha value is -2.50. The molecule has 6 nitrogen and oxygen atoms in total. The number of guanidine groups is 1. The van der Waals surface area contributed by atoms with Crippen molar-refractivity contribution in [1.82, 2.24) is 9.97 Å². The van der Waals surface area contributed by atoms with E-state index in [1.807, 2.05) is 31.2 Å². The van der Waals surface area contributed by atoms with Gasteiger partial charge in [0.2, 0.25) is 17.8 Å². The lowest BCUT2D eigenvalue weighted by Crippen LogP contribution is -2.25. The second-order valence-electron chi connectivity index (χ2n) is 4.02. The van der Waals surface area contributed by atoms with Gasteiger partial charge in [-0.1, -0.05) is 25.1 Å². The lowest BCUT2D eigenvalue weighted by molar-refractivity contribution is -0.117. The summed E-state index contributed by atoms with van der Waals surface area (Å²) in [6.45, 7) is 3.61. The van der Waals surface area contributed by atoms with Crippen LogP contribution in [-0.4, -0.2) is 21.8 Å². The summed E-state index contributed by atoms with van der Waals surface area (Å²) < 4.78 is 0. The van der Waals surface area contributed by atoms with Gasteiger partial charge in [0.25, 0.3) is 0 Å². The van der Waals surface area contributed by atoms with Crippen LogP contribution in [-0.2, 0) is 4.79 Å². The molecule has 2 rings (SSSR count). The molecule has 0 fully saturated rings. The van der Waals surface area contributed by atoms with E-state index in [4.69, 9.17) is 5.73 Å². The summed E-state index contributed by atoms with van der Waals surface area (Å²) in [4.78, 5) is 23.4. The van der Waals surface area contributed by atoms with Crippen LogP contribution in [0.25, 0.3) is 10.9 Å². The summed E-state index contributed by atoms with van der Waals surface area (Å²) in [6, 6.07) is 7.67. The first-order valence-corrected chi connectivity index (χ1v) is 5.97. The smallest absolute Gasteiger partial charge is 0.248 e. The number of carbonyl (C=O) groups excluding carboxylic acids is 1. The number of benzene rings is 1. The first-order chi connectivity index (χ1) is 9.10. The molecule has 0 aliphatic carbocycles. The molecule has 6 heteroatoms. The van der Waals surface area contributed by atoms with Crippen molar-refractivity contribution in [3.8, 4) is 0 Å². The molecule has 0 radical (unpaired) electrons.